The minimum absolute atomic E-state index is 0.00796. The summed E-state index contributed by atoms with van der Waals surface area (Å²) < 4.78 is 26.9. The van der Waals surface area contributed by atoms with Crippen molar-refractivity contribution in [2.75, 3.05) is 25.0 Å². The number of anilines is 1. The van der Waals surface area contributed by atoms with Crippen molar-refractivity contribution in [1.29, 1.82) is 0 Å². The number of benzene rings is 1. The first-order chi connectivity index (χ1) is 10.5. The third-order valence-corrected chi connectivity index (χ3v) is 5.75. The van der Waals surface area contributed by atoms with E-state index in [9.17, 15) is 13.2 Å². The fourth-order valence-corrected chi connectivity index (χ4v) is 4.44. The van der Waals surface area contributed by atoms with Gasteiger partial charge in [0.1, 0.15) is 0 Å². The molecule has 5 nitrogen and oxygen atoms in total. The molecule has 1 heterocycles. The van der Waals surface area contributed by atoms with Crippen LogP contribution in [0.2, 0.25) is 0 Å². The zero-order valence-electron chi connectivity index (χ0n) is 14.6. The van der Waals surface area contributed by atoms with Gasteiger partial charge in [0.2, 0.25) is 15.9 Å². The van der Waals surface area contributed by atoms with E-state index in [4.69, 9.17) is 0 Å². The molecule has 6 heteroatoms. The van der Waals surface area contributed by atoms with Crippen LogP contribution in [0.1, 0.15) is 39.7 Å². The molecule has 0 aliphatic carbocycles. The molecule has 0 bridgehead atoms. The molecule has 1 aliphatic heterocycles. The quantitative estimate of drug-likeness (QED) is 0.851. The highest BCUT2D eigenvalue weighted by atomic mass is 32.2. The molecule has 0 saturated carbocycles. The SMILES string of the molecule is CC(=O)N1CCCc2cc(S(=O)(=O)N(C)CC(C)(C)C)ccc21. The Hall–Kier alpha value is -1.40. The summed E-state index contributed by atoms with van der Waals surface area (Å²) in [6.07, 6.45) is 1.65. The van der Waals surface area contributed by atoms with Crippen molar-refractivity contribution in [2.45, 2.75) is 45.4 Å². The molecule has 23 heavy (non-hydrogen) atoms. The van der Waals surface area contributed by atoms with E-state index in [1.54, 1.807) is 30.1 Å². The van der Waals surface area contributed by atoms with Gasteiger partial charge in [0.25, 0.3) is 0 Å². The number of carbonyl (C=O) groups excluding carboxylic acids is 1. The van der Waals surface area contributed by atoms with Crippen LogP contribution < -0.4 is 4.90 Å². The average molecular weight is 338 g/mol. The molecule has 128 valence electrons. The molecular formula is C17H26N2O3S. The topological polar surface area (TPSA) is 57.7 Å². The first-order valence-corrected chi connectivity index (χ1v) is 9.34. The number of fused-ring (bicyclic) bond motifs is 1. The van der Waals surface area contributed by atoms with Gasteiger partial charge in [-0.1, -0.05) is 20.8 Å². The zero-order valence-corrected chi connectivity index (χ0v) is 15.4. The minimum Gasteiger partial charge on any atom is -0.312 e. The molecule has 1 amide bonds. The lowest BCUT2D eigenvalue weighted by Gasteiger charge is -2.30. The van der Waals surface area contributed by atoms with Gasteiger partial charge in [0.15, 0.2) is 0 Å². The van der Waals surface area contributed by atoms with Gasteiger partial charge in [-0.3, -0.25) is 4.79 Å². The van der Waals surface area contributed by atoms with Crippen LogP contribution in [0, 0.1) is 5.41 Å². The number of rotatable bonds is 3. The monoisotopic (exact) mass is 338 g/mol. The summed E-state index contributed by atoms with van der Waals surface area (Å²) in [5, 5.41) is 0. The van der Waals surface area contributed by atoms with E-state index in [-0.39, 0.29) is 11.3 Å². The lowest BCUT2D eigenvalue weighted by Crippen LogP contribution is -2.35. The van der Waals surface area contributed by atoms with Gasteiger partial charge in [-0.2, -0.15) is 0 Å². The van der Waals surface area contributed by atoms with Gasteiger partial charge in [0.05, 0.1) is 4.90 Å². The summed E-state index contributed by atoms with van der Waals surface area (Å²) in [6, 6.07) is 5.08. The Balaban J connectivity index is 2.37. The Morgan fingerprint density at radius 2 is 1.96 bits per heavy atom. The first kappa shape index (κ1) is 17.9. The summed E-state index contributed by atoms with van der Waals surface area (Å²) in [5.74, 6) is -0.00796. The number of nitrogens with zero attached hydrogens (tertiary/aromatic N) is 2. The summed E-state index contributed by atoms with van der Waals surface area (Å²) in [7, 11) is -1.90. The summed E-state index contributed by atoms with van der Waals surface area (Å²) >= 11 is 0. The van der Waals surface area contributed by atoms with Crippen molar-refractivity contribution in [1.82, 2.24) is 4.31 Å². The third kappa shape index (κ3) is 3.93. The summed E-state index contributed by atoms with van der Waals surface area (Å²) in [5.41, 5.74) is 1.65. The van der Waals surface area contributed by atoms with Crippen molar-refractivity contribution >= 4 is 21.6 Å². The third-order valence-electron chi connectivity index (χ3n) is 3.95. The van der Waals surface area contributed by atoms with E-state index < -0.39 is 10.0 Å². The largest absolute Gasteiger partial charge is 0.312 e. The van der Waals surface area contributed by atoms with Crippen LogP contribution in [0.5, 0.6) is 0 Å². The first-order valence-electron chi connectivity index (χ1n) is 7.90. The molecule has 0 spiro atoms. The Labute approximate surface area is 139 Å². The molecule has 2 rings (SSSR count). The fraction of sp³-hybridized carbons (Fsp3) is 0.588. The lowest BCUT2D eigenvalue weighted by molar-refractivity contribution is -0.116. The number of amides is 1. The van der Waals surface area contributed by atoms with E-state index in [0.29, 0.717) is 18.0 Å². The van der Waals surface area contributed by atoms with Crippen molar-refractivity contribution in [3.63, 3.8) is 0 Å². The van der Waals surface area contributed by atoms with Gasteiger partial charge >= 0.3 is 0 Å². The van der Waals surface area contributed by atoms with Crippen LogP contribution in [0.3, 0.4) is 0 Å². The molecule has 0 atom stereocenters. The number of hydrogen-bond donors (Lipinski definition) is 0. The molecule has 1 aromatic carbocycles. The van der Waals surface area contributed by atoms with Crippen LogP contribution in [0.15, 0.2) is 23.1 Å². The van der Waals surface area contributed by atoms with Gasteiger partial charge in [-0.05, 0) is 42.0 Å². The van der Waals surface area contributed by atoms with Crippen molar-refractivity contribution in [3.8, 4) is 0 Å². The Morgan fingerprint density at radius 3 is 2.52 bits per heavy atom. The molecule has 0 saturated heterocycles. The van der Waals surface area contributed by atoms with E-state index in [1.165, 1.54) is 11.2 Å². The molecule has 1 aliphatic rings. The van der Waals surface area contributed by atoms with Gasteiger partial charge < -0.3 is 4.90 Å². The van der Waals surface area contributed by atoms with Crippen LogP contribution >= 0.6 is 0 Å². The second kappa shape index (κ2) is 6.24. The minimum atomic E-state index is -3.51. The number of carbonyl (C=O) groups is 1. The van der Waals surface area contributed by atoms with Crippen molar-refractivity contribution in [3.05, 3.63) is 23.8 Å². The maximum absolute atomic E-state index is 12.8. The second-order valence-electron chi connectivity index (χ2n) is 7.39. The standard InChI is InChI=1S/C17H26N2O3S/c1-13(20)19-10-6-7-14-11-15(8-9-16(14)19)23(21,22)18(5)12-17(2,3)4/h8-9,11H,6-7,10,12H2,1-5H3. The molecule has 0 N–H and O–H groups in total. The number of sulfonamides is 1. The second-order valence-corrected chi connectivity index (χ2v) is 9.43. The number of hydrogen-bond acceptors (Lipinski definition) is 3. The van der Waals surface area contributed by atoms with Crippen LogP contribution in [-0.4, -0.2) is 38.8 Å². The van der Waals surface area contributed by atoms with E-state index in [0.717, 1.165) is 24.1 Å². The smallest absolute Gasteiger partial charge is 0.242 e. The maximum Gasteiger partial charge on any atom is 0.242 e. The normalized spacial score (nSPS) is 15.7. The zero-order chi connectivity index (χ0) is 17.4. The van der Waals surface area contributed by atoms with E-state index in [2.05, 4.69) is 0 Å². The van der Waals surface area contributed by atoms with Crippen LogP contribution in [0.25, 0.3) is 0 Å². The van der Waals surface area contributed by atoms with Crippen molar-refractivity contribution < 1.29 is 13.2 Å². The molecule has 0 fully saturated rings. The fourth-order valence-electron chi connectivity index (χ4n) is 2.99. The summed E-state index contributed by atoms with van der Waals surface area (Å²) in [4.78, 5) is 13.7. The predicted molar refractivity (Wildman–Crippen MR) is 92.1 cm³/mol. The van der Waals surface area contributed by atoms with E-state index in [1.807, 2.05) is 20.8 Å². The highest BCUT2D eigenvalue weighted by Crippen LogP contribution is 2.30. The van der Waals surface area contributed by atoms with Crippen molar-refractivity contribution in [2.24, 2.45) is 5.41 Å². The highest BCUT2D eigenvalue weighted by Gasteiger charge is 2.27. The Bertz CT molecular complexity index is 705. The van der Waals surface area contributed by atoms with E-state index >= 15 is 0 Å². The molecule has 0 radical (unpaired) electrons. The highest BCUT2D eigenvalue weighted by molar-refractivity contribution is 7.89. The molecule has 1 aromatic rings. The predicted octanol–water partition coefficient (Wildman–Crippen LogP) is 2.65. The Morgan fingerprint density at radius 1 is 1.30 bits per heavy atom. The van der Waals surface area contributed by atoms with Gasteiger partial charge in [-0.25, -0.2) is 12.7 Å². The lowest BCUT2D eigenvalue weighted by atomic mass is 9.97. The van der Waals surface area contributed by atoms with Crippen LogP contribution in [-0.2, 0) is 21.2 Å². The Kier molecular flexibility index (Phi) is 4.87. The maximum atomic E-state index is 12.8. The summed E-state index contributed by atoms with van der Waals surface area (Å²) in [6.45, 7) is 8.71. The van der Waals surface area contributed by atoms with Crippen LogP contribution in [0.4, 0.5) is 5.69 Å². The number of aryl methyl sites for hydroxylation is 1. The molecular weight excluding hydrogens is 312 g/mol. The van der Waals surface area contributed by atoms with Gasteiger partial charge in [-0.15, -0.1) is 0 Å². The molecule has 0 aromatic heterocycles. The average Bonchev–Trinajstić information content (AvgIpc) is 2.43. The molecule has 0 unspecified atom stereocenters. The van der Waals surface area contributed by atoms with Gasteiger partial charge in [0, 0.05) is 32.7 Å².